The molecule has 1 saturated carbocycles. The normalized spacial score (nSPS) is 47.6. The second kappa shape index (κ2) is 5.72. The molecule has 6 atom stereocenters. The molecule has 0 amide bonds. The van der Waals surface area contributed by atoms with Gasteiger partial charge in [-0.05, 0) is 56.9 Å². The van der Waals surface area contributed by atoms with E-state index >= 15 is 0 Å². The third-order valence-corrected chi connectivity index (χ3v) is 6.45. The van der Waals surface area contributed by atoms with Crippen LogP contribution in [-0.2, 0) is 4.74 Å². The second-order valence-corrected chi connectivity index (χ2v) is 8.69. The third kappa shape index (κ3) is 3.16. The van der Waals surface area contributed by atoms with Gasteiger partial charge in [0.1, 0.15) is 0 Å². The zero-order valence-corrected chi connectivity index (χ0v) is 15.0. The molecule has 23 heavy (non-hydrogen) atoms. The summed E-state index contributed by atoms with van der Waals surface area (Å²) < 4.78 is 5.89. The van der Waals surface area contributed by atoms with Crippen LogP contribution in [0.1, 0.15) is 59.8 Å². The average Bonchev–Trinajstić information content (AvgIpc) is 2.91. The summed E-state index contributed by atoms with van der Waals surface area (Å²) in [6, 6.07) is 0. The fourth-order valence-corrected chi connectivity index (χ4v) is 4.74. The number of fused-ring (bicyclic) bond motifs is 2. The van der Waals surface area contributed by atoms with E-state index < -0.39 is 11.7 Å². The molecule has 2 aliphatic carbocycles. The number of hydrogen-bond donors (Lipinski definition) is 2. The summed E-state index contributed by atoms with van der Waals surface area (Å²) in [5, 5.41) is 21.9. The highest BCUT2D eigenvalue weighted by molar-refractivity contribution is 5.26. The zero-order valence-electron chi connectivity index (χ0n) is 15.0. The molecule has 1 aliphatic heterocycles. The van der Waals surface area contributed by atoms with Gasteiger partial charge < -0.3 is 14.9 Å². The van der Waals surface area contributed by atoms with Crippen molar-refractivity contribution >= 4 is 0 Å². The quantitative estimate of drug-likeness (QED) is 0.573. The molecule has 0 spiro atoms. The zero-order chi connectivity index (χ0) is 17.0. The van der Waals surface area contributed by atoms with Gasteiger partial charge in [-0.3, -0.25) is 0 Å². The van der Waals surface area contributed by atoms with Crippen LogP contribution in [0.3, 0.4) is 0 Å². The fourth-order valence-electron chi connectivity index (χ4n) is 4.74. The van der Waals surface area contributed by atoms with Crippen molar-refractivity contribution in [3.05, 3.63) is 23.8 Å². The Morgan fingerprint density at radius 1 is 1.30 bits per heavy atom. The van der Waals surface area contributed by atoms with E-state index in [2.05, 4.69) is 33.4 Å². The van der Waals surface area contributed by atoms with Crippen LogP contribution in [0.5, 0.6) is 0 Å². The monoisotopic (exact) mass is 320 g/mol. The lowest BCUT2D eigenvalue weighted by Gasteiger charge is -2.34. The molecule has 0 bridgehead atoms. The van der Waals surface area contributed by atoms with Gasteiger partial charge in [0.15, 0.2) is 0 Å². The summed E-state index contributed by atoms with van der Waals surface area (Å²) >= 11 is 0. The molecule has 0 radical (unpaired) electrons. The van der Waals surface area contributed by atoms with Crippen molar-refractivity contribution in [1.29, 1.82) is 0 Å². The van der Waals surface area contributed by atoms with E-state index in [0.29, 0.717) is 6.42 Å². The minimum atomic E-state index is -0.704. The van der Waals surface area contributed by atoms with Crippen molar-refractivity contribution in [2.75, 3.05) is 0 Å². The summed E-state index contributed by atoms with van der Waals surface area (Å²) in [4.78, 5) is 0. The Morgan fingerprint density at radius 2 is 2.00 bits per heavy atom. The minimum Gasteiger partial charge on any atom is -0.390 e. The smallest absolute Gasteiger partial charge is 0.0948 e. The molecule has 3 nitrogen and oxygen atoms in total. The molecule has 6 unspecified atom stereocenters. The lowest BCUT2D eigenvalue weighted by Crippen LogP contribution is -2.37. The Labute approximate surface area is 140 Å². The van der Waals surface area contributed by atoms with Crippen molar-refractivity contribution in [1.82, 2.24) is 0 Å². The van der Waals surface area contributed by atoms with E-state index in [1.807, 2.05) is 6.92 Å². The number of aliphatic hydroxyl groups excluding tert-OH is 1. The SMILES string of the molecule is C=C1CCC2C1C=C(C(C)C)C(O)CC1(C)OC1CCC2(C)O. The van der Waals surface area contributed by atoms with Crippen molar-refractivity contribution in [3.8, 4) is 0 Å². The van der Waals surface area contributed by atoms with E-state index in [4.69, 9.17) is 4.74 Å². The molecule has 2 N–H and O–H groups in total. The van der Waals surface area contributed by atoms with Gasteiger partial charge in [-0.1, -0.05) is 32.1 Å². The van der Waals surface area contributed by atoms with Crippen LogP contribution < -0.4 is 0 Å². The molecule has 1 heterocycles. The Kier molecular flexibility index (Phi) is 4.27. The minimum absolute atomic E-state index is 0.165. The summed E-state index contributed by atoms with van der Waals surface area (Å²) in [6.45, 7) is 12.6. The van der Waals surface area contributed by atoms with Crippen LogP contribution in [0.25, 0.3) is 0 Å². The van der Waals surface area contributed by atoms with Gasteiger partial charge in [-0.15, -0.1) is 0 Å². The average molecular weight is 320 g/mol. The van der Waals surface area contributed by atoms with Crippen LogP contribution in [0.15, 0.2) is 23.8 Å². The van der Waals surface area contributed by atoms with Crippen LogP contribution >= 0.6 is 0 Å². The molecule has 130 valence electrons. The Hall–Kier alpha value is -0.640. The van der Waals surface area contributed by atoms with Crippen molar-refractivity contribution in [3.63, 3.8) is 0 Å². The first kappa shape index (κ1) is 17.2. The maximum atomic E-state index is 11.1. The highest BCUT2D eigenvalue weighted by Crippen LogP contribution is 2.50. The van der Waals surface area contributed by atoms with Gasteiger partial charge in [-0.25, -0.2) is 0 Å². The second-order valence-electron chi connectivity index (χ2n) is 8.69. The lowest BCUT2D eigenvalue weighted by atomic mass is 9.76. The van der Waals surface area contributed by atoms with E-state index in [1.54, 1.807) is 0 Å². The topological polar surface area (TPSA) is 53.0 Å². The number of hydrogen-bond acceptors (Lipinski definition) is 3. The van der Waals surface area contributed by atoms with Crippen LogP contribution in [-0.4, -0.2) is 33.6 Å². The first-order valence-electron chi connectivity index (χ1n) is 9.11. The number of aliphatic hydroxyl groups is 2. The summed E-state index contributed by atoms with van der Waals surface area (Å²) in [5.41, 5.74) is 1.34. The molecular formula is C20H32O3. The molecule has 3 aliphatic rings. The van der Waals surface area contributed by atoms with Gasteiger partial charge in [0.25, 0.3) is 0 Å². The predicted octanol–water partition coefficient (Wildman–Crippen LogP) is 3.60. The Balaban J connectivity index is 1.99. The van der Waals surface area contributed by atoms with E-state index in [1.165, 1.54) is 5.57 Å². The largest absolute Gasteiger partial charge is 0.390 e. The van der Waals surface area contributed by atoms with Gasteiger partial charge in [0.2, 0.25) is 0 Å². The van der Waals surface area contributed by atoms with Crippen molar-refractivity contribution in [2.24, 2.45) is 17.8 Å². The number of allylic oxidation sites excluding steroid dienone is 2. The number of ether oxygens (including phenoxy) is 1. The van der Waals surface area contributed by atoms with Crippen molar-refractivity contribution < 1.29 is 14.9 Å². The van der Waals surface area contributed by atoms with Gasteiger partial charge in [0, 0.05) is 12.3 Å². The molecule has 0 aromatic carbocycles. The predicted molar refractivity (Wildman–Crippen MR) is 92.0 cm³/mol. The molecule has 3 rings (SSSR count). The Bertz CT molecular complexity index is 519. The highest BCUT2D eigenvalue weighted by atomic mass is 16.6. The van der Waals surface area contributed by atoms with Crippen LogP contribution in [0, 0.1) is 17.8 Å². The summed E-state index contributed by atoms with van der Waals surface area (Å²) in [6.07, 6.45) is 6.13. The lowest BCUT2D eigenvalue weighted by molar-refractivity contribution is -0.0185. The van der Waals surface area contributed by atoms with Gasteiger partial charge in [-0.2, -0.15) is 0 Å². The van der Waals surface area contributed by atoms with Crippen LogP contribution in [0.2, 0.25) is 0 Å². The fraction of sp³-hybridized carbons (Fsp3) is 0.800. The van der Waals surface area contributed by atoms with Gasteiger partial charge in [0.05, 0.1) is 23.4 Å². The molecule has 2 fully saturated rings. The number of epoxide rings is 1. The maximum Gasteiger partial charge on any atom is 0.0948 e. The maximum absolute atomic E-state index is 11.1. The standard InChI is InChI=1S/C20H32O3/c1-12(2)14-10-15-13(3)6-7-16(15)19(4,22)9-8-18-20(5,23-18)11-17(14)21/h10,12,15-18,21-22H,3,6-9,11H2,1-2,4-5H3. The number of rotatable bonds is 1. The van der Waals surface area contributed by atoms with Crippen LogP contribution in [0.4, 0.5) is 0 Å². The summed E-state index contributed by atoms with van der Waals surface area (Å²) in [5.74, 6) is 0.657. The molecular weight excluding hydrogens is 288 g/mol. The molecule has 1 saturated heterocycles. The molecule has 0 aromatic rings. The first-order chi connectivity index (χ1) is 10.6. The summed E-state index contributed by atoms with van der Waals surface area (Å²) in [7, 11) is 0. The third-order valence-electron chi connectivity index (χ3n) is 6.45. The Morgan fingerprint density at radius 3 is 2.65 bits per heavy atom. The first-order valence-corrected chi connectivity index (χ1v) is 9.11. The molecule has 0 aromatic heterocycles. The van der Waals surface area contributed by atoms with E-state index in [0.717, 1.165) is 31.3 Å². The highest BCUT2D eigenvalue weighted by Gasteiger charge is 2.54. The van der Waals surface area contributed by atoms with Crippen molar-refractivity contribution in [2.45, 2.75) is 83.2 Å². The van der Waals surface area contributed by atoms with E-state index in [9.17, 15) is 10.2 Å². The molecule has 3 heteroatoms. The van der Waals surface area contributed by atoms with E-state index in [-0.39, 0.29) is 29.5 Å². The van der Waals surface area contributed by atoms with Gasteiger partial charge >= 0.3 is 0 Å².